The van der Waals surface area contributed by atoms with Crippen LogP contribution in [0.5, 0.6) is 5.75 Å². The summed E-state index contributed by atoms with van der Waals surface area (Å²) in [5.74, 6) is 0.732. The van der Waals surface area contributed by atoms with Gasteiger partial charge in [0.25, 0.3) is 0 Å². The molecule has 3 rings (SSSR count). The minimum atomic E-state index is -0.477. The van der Waals surface area contributed by atoms with Crippen molar-refractivity contribution in [2.75, 3.05) is 19.8 Å². The standard InChI is InChI=1S/C14H16O4/c15-14(13-9-16-6-7-17-13)10-2-1-3-12(8-10)18-11-4-5-11/h1-3,8,11,13H,4-7,9H2. The van der Waals surface area contributed by atoms with Gasteiger partial charge < -0.3 is 14.2 Å². The van der Waals surface area contributed by atoms with Crippen molar-refractivity contribution in [3.8, 4) is 5.75 Å². The smallest absolute Gasteiger partial charge is 0.194 e. The van der Waals surface area contributed by atoms with Gasteiger partial charge in [0.2, 0.25) is 0 Å². The van der Waals surface area contributed by atoms with E-state index in [0.717, 1.165) is 18.6 Å². The summed E-state index contributed by atoms with van der Waals surface area (Å²) in [6, 6.07) is 7.31. The summed E-state index contributed by atoms with van der Waals surface area (Å²) in [6.45, 7) is 1.38. The van der Waals surface area contributed by atoms with E-state index in [1.165, 1.54) is 0 Å². The lowest BCUT2D eigenvalue weighted by molar-refractivity contribution is -0.0719. The SMILES string of the molecule is O=C(c1cccc(OC2CC2)c1)C1COCCO1. The maximum Gasteiger partial charge on any atom is 0.194 e. The molecule has 96 valence electrons. The Morgan fingerprint density at radius 2 is 2.17 bits per heavy atom. The van der Waals surface area contributed by atoms with Gasteiger partial charge in [-0.1, -0.05) is 12.1 Å². The summed E-state index contributed by atoms with van der Waals surface area (Å²) in [5.41, 5.74) is 0.628. The normalized spacial score (nSPS) is 23.7. The molecule has 1 aromatic rings. The van der Waals surface area contributed by atoms with E-state index in [-0.39, 0.29) is 5.78 Å². The molecule has 1 saturated heterocycles. The van der Waals surface area contributed by atoms with E-state index >= 15 is 0 Å². The van der Waals surface area contributed by atoms with Gasteiger partial charge in [-0.2, -0.15) is 0 Å². The maximum atomic E-state index is 12.2. The molecule has 1 aliphatic carbocycles. The first-order valence-corrected chi connectivity index (χ1v) is 6.33. The Balaban J connectivity index is 1.71. The number of hydrogen-bond acceptors (Lipinski definition) is 4. The molecule has 0 radical (unpaired) electrons. The highest BCUT2D eigenvalue weighted by Gasteiger charge is 2.26. The van der Waals surface area contributed by atoms with Crippen molar-refractivity contribution in [1.82, 2.24) is 0 Å². The summed E-state index contributed by atoms with van der Waals surface area (Å²) in [6.07, 6.45) is 2.08. The van der Waals surface area contributed by atoms with Gasteiger partial charge in [-0.25, -0.2) is 0 Å². The first kappa shape index (κ1) is 11.7. The van der Waals surface area contributed by atoms with E-state index in [0.29, 0.717) is 31.5 Å². The molecule has 0 spiro atoms. The molecule has 18 heavy (non-hydrogen) atoms. The van der Waals surface area contributed by atoms with Crippen molar-refractivity contribution in [3.63, 3.8) is 0 Å². The average Bonchev–Trinajstić information content (AvgIpc) is 3.23. The molecule has 1 saturated carbocycles. The zero-order chi connectivity index (χ0) is 12.4. The van der Waals surface area contributed by atoms with Crippen LogP contribution in [0.2, 0.25) is 0 Å². The lowest BCUT2D eigenvalue weighted by atomic mass is 10.1. The number of ether oxygens (including phenoxy) is 3. The lowest BCUT2D eigenvalue weighted by Crippen LogP contribution is -2.35. The third-order valence-corrected chi connectivity index (χ3v) is 3.05. The van der Waals surface area contributed by atoms with E-state index in [2.05, 4.69) is 0 Å². The van der Waals surface area contributed by atoms with Crippen LogP contribution < -0.4 is 4.74 Å². The van der Waals surface area contributed by atoms with Crippen LogP contribution in [-0.4, -0.2) is 37.8 Å². The summed E-state index contributed by atoms with van der Waals surface area (Å²) < 4.78 is 16.3. The van der Waals surface area contributed by atoms with E-state index < -0.39 is 6.10 Å². The molecule has 0 amide bonds. The molecule has 1 heterocycles. The Morgan fingerprint density at radius 3 is 2.89 bits per heavy atom. The van der Waals surface area contributed by atoms with Crippen LogP contribution in [0.15, 0.2) is 24.3 Å². The summed E-state index contributed by atoms with van der Waals surface area (Å²) in [5, 5.41) is 0. The van der Waals surface area contributed by atoms with E-state index in [4.69, 9.17) is 14.2 Å². The molecule has 4 heteroatoms. The molecule has 1 aromatic carbocycles. The Labute approximate surface area is 106 Å². The van der Waals surface area contributed by atoms with Gasteiger partial charge in [0.1, 0.15) is 11.9 Å². The molecule has 0 aromatic heterocycles. The topological polar surface area (TPSA) is 44.8 Å². The first-order valence-electron chi connectivity index (χ1n) is 6.33. The van der Waals surface area contributed by atoms with Crippen molar-refractivity contribution in [2.45, 2.75) is 25.0 Å². The highest BCUT2D eigenvalue weighted by molar-refractivity contribution is 5.99. The molecule has 1 unspecified atom stereocenters. The zero-order valence-electron chi connectivity index (χ0n) is 10.1. The fraction of sp³-hybridized carbons (Fsp3) is 0.500. The van der Waals surface area contributed by atoms with E-state index in [1.807, 2.05) is 12.1 Å². The van der Waals surface area contributed by atoms with Crippen molar-refractivity contribution < 1.29 is 19.0 Å². The van der Waals surface area contributed by atoms with Crippen molar-refractivity contribution in [3.05, 3.63) is 29.8 Å². The minimum absolute atomic E-state index is 0.0315. The molecule has 0 bridgehead atoms. The monoisotopic (exact) mass is 248 g/mol. The highest BCUT2D eigenvalue weighted by Crippen LogP contribution is 2.27. The van der Waals surface area contributed by atoms with E-state index in [1.54, 1.807) is 12.1 Å². The number of benzene rings is 1. The Kier molecular flexibility index (Phi) is 3.30. The highest BCUT2D eigenvalue weighted by atomic mass is 16.6. The predicted octanol–water partition coefficient (Wildman–Crippen LogP) is 1.83. The zero-order valence-corrected chi connectivity index (χ0v) is 10.1. The Hall–Kier alpha value is -1.39. The van der Waals surface area contributed by atoms with Gasteiger partial charge in [-0.05, 0) is 25.0 Å². The summed E-state index contributed by atoms with van der Waals surface area (Å²) >= 11 is 0. The molecular formula is C14H16O4. The molecule has 1 atom stereocenters. The molecule has 1 aliphatic heterocycles. The average molecular weight is 248 g/mol. The third kappa shape index (κ3) is 2.71. The fourth-order valence-corrected chi connectivity index (χ4v) is 1.93. The fourth-order valence-electron chi connectivity index (χ4n) is 1.93. The summed E-state index contributed by atoms with van der Waals surface area (Å²) in [7, 11) is 0. The number of hydrogen-bond donors (Lipinski definition) is 0. The van der Waals surface area contributed by atoms with Crippen LogP contribution in [-0.2, 0) is 9.47 Å². The van der Waals surface area contributed by atoms with Crippen LogP contribution in [0, 0.1) is 0 Å². The number of Topliss-reactive ketones (excluding diaryl/α,β-unsaturated/α-hetero) is 1. The van der Waals surface area contributed by atoms with Crippen LogP contribution in [0.3, 0.4) is 0 Å². The first-order chi connectivity index (χ1) is 8.83. The summed E-state index contributed by atoms with van der Waals surface area (Å²) in [4.78, 5) is 12.2. The Bertz CT molecular complexity index is 433. The van der Waals surface area contributed by atoms with Crippen LogP contribution in [0.4, 0.5) is 0 Å². The second-order valence-corrected chi connectivity index (χ2v) is 4.64. The number of rotatable bonds is 4. The van der Waals surface area contributed by atoms with Gasteiger partial charge >= 0.3 is 0 Å². The van der Waals surface area contributed by atoms with Gasteiger partial charge in [0.05, 0.1) is 25.9 Å². The number of ketones is 1. The van der Waals surface area contributed by atoms with Gasteiger partial charge in [-0.15, -0.1) is 0 Å². The Morgan fingerprint density at radius 1 is 1.28 bits per heavy atom. The maximum absolute atomic E-state index is 12.2. The van der Waals surface area contributed by atoms with Crippen LogP contribution >= 0.6 is 0 Å². The molecule has 2 fully saturated rings. The largest absolute Gasteiger partial charge is 0.490 e. The van der Waals surface area contributed by atoms with Crippen molar-refractivity contribution in [1.29, 1.82) is 0 Å². The quantitative estimate of drug-likeness (QED) is 0.762. The van der Waals surface area contributed by atoms with Crippen molar-refractivity contribution >= 4 is 5.78 Å². The second-order valence-electron chi connectivity index (χ2n) is 4.64. The van der Waals surface area contributed by atoms with Gasteiger partial charge in [0.15, 0.2) is 5.78 Å². The number of carbonyl (C=O) groups is 1. The van der Waals surface area contributed by atoms with E-state index in [9.17, 15) is 4.79 Å². The van der Waals surface area contributed by atoms with Crippen LogP contribution in [0.1, 0.15) is 23.2 Å². The molecule has 4 nitrogen and oxygen atoms in total. The van der Waals surface area contributed by atoms with Gasteiger partial charge in [0, 0.05) is 5.56 Å². The van der Waals surface area contributed by atoms with Crippen molar-refractivity contribution in [2.24, 2.45) is 0 Å². The molecule has 2 aliphatic rings. The lowest BCUT2D eigenvalue weighted by Gasteiger charge is -2.21. The number of carbonyl (C=O) groups excluding carboxylic acids is 1. The minimum Gasteiger partial charge on any atom is -0.490 e. The second kappa shape index (κ2) is 5.08. The third-order valence-electron chi connectivity index (χ3n) is 3.05. The van der Waals surface area contributed by atoms with Crippen LogP contribution in [0.25, 0.3) is 0 Å². The molecular weight excluding hydrogens is 232 g/mol. The molecule has 0 N–H and O–H groups in total. The van der Waals surface area contributed by atoms with Gasteiger partial charge in [-0.3, -0.25) is 4.79 Å². The predicted molar refractivity (Wildman–Crippen MR) is 65.0 cm³/mol.